The number of rotatable bonds is 15. The average molecular weight is 519 g/mol. The lowest BCUT2D eigenvalue weighted by molar-refractivity contribution is 0.473. The van der Waals surface area contributed by atoms with E-state index in [4.69, 9.17) is 8.85 Å². The van der Waals surface area contributed by atoms with Crippen LogP contribution >= 0.6 is 0 Å². The van der Waals surface area contributed by atoms with Gasteiger partial charge in [-0.25, -0.2) is 0 Å². The molecule has 0 aliphatic rings. The van der Waals surface area contributed by atoms with Crippen molar-refractivity contribution in [2.75, 3.05) is 0 Å². The standard InChI is InChI=1S/C31H58O2Si2/c1-12-13-14-15-16-17-18-19-20-21-22-23-27-24-28(32-34(8,9)30(2,3)4)26-29(25-27)33-35(10,11)31(5,6)7/h15-16,24-26H,12-14,17-23H2,1-11H3/b16-15-. The molecule has 0 saturated heterocycles. The van der Waals surface area contributed by atoms with Crippen molar-refractivity contribution in [3.8, 4) is 11.5 Å². The molecule has 4 heteroatoms. The van der Waals surface area contributed by atoms with E-state index in [1.54, 1.807) is 0 Å². The van der Waals surface area contributed by atoms with Crippen molar-refractivity contribution in [2.45, 2.75) is 149 Å². The molecule has 0 spiro atoms. The molecule has 0 amide bonds. The predicted molar refractivity (Wildman–Crippen MR) is 162 cm³/mol. The molecular weight excluding hydrogens is 461 g/mol. The zero-order valence-corrected chi connectivity index (χ0v) is 27.3. The molecule has 0 aliphatic carbocycles. The minimum atomic E-state index is -1.90. The van der Waals surface area contributed by atoms with Crippen LogP contribution < -0.4 is 8.85 Å². The van der Waals surface area contributed by atoms with Crippen molar-refractivity contribution in [2.24, 2.45) is 0 Å². The molecule has 2 nitrogen and oxygen atoms in total. The number of unbranched alkanes of at least 4 members (excludes halogenated alkanes) is 7. The van der Waals surface area contributed by atoms with Gasteiger partial charge < -0.3 is 8.85 Å². The fourth-order valence-corrected chi connectivity index (χ4v) is 5.49. The van der Waals surface area contributed by atoms with Crippen LogP contribution in [0.4, 0.5) is 0 Å². The molecule has 0 bridgehead atoms. The van der Waals surface area contributed by atoms with Gasteiger partial charge in [0.05, 0.1) is 0 Å². The van der Waals surface area contributed by atoms with Crippen LogP contribution in [0, 0.1) is 0 Å². The molecule has 1 aromatic carbocycles. The first-order valence-corrected chi connectivity index (χ1v) is 20.1. The third-order valence-corrected chi connectivity index (χ3v) is 16.7. The zero-order chi connectivity index (χ0) is 26.8. The summed E-state index contributed by atoms with van der Waals surface area (Å²) >= 11 is 0. The zero-order valence-electron chi connectivity index (χ0n) is 25.3. The summed E-state index contributed by atoms with van der Waals surface area (Å²) < 4.78 is 13.4. The van der Waals surface area contributed by atoms with Gasteiger partial charge in [0.1, 0.15) is 11.5 Å². The highest BCUT2D eigenvalue weighted by Gasteiger charge is 2.40. The molecule has 0 saturated carbocycles. The van der Waals surface area contributed by atoms with Crippen LogP contribution in [-0.4, -0.2) is 16.6 Å². The second-order valence-corrected chi connectivity index (χ2v) is 22.9. The summed E-state index contributed by atoms with van der Waals surface area (Å²) in [4.78, 5) is 0. The van der Waals surface area contributed by atoms with E-state index in [1.807, 2.05) is 0 Å². The van der Waals surface area contributed by atoms with E-state index in [0.29, 0.717) is 0 Å². The molecular formula is C31H58O2Si2. The van der Waals surface area contributed by atoms with Gasteiger partial charge in [0.2, 0.25) is 16.6 Å². The Kier molecular flexibility index (Phi) is 12.9. The fraction of sp³-hybridized carbons (Fsp3) is 0.742. The highest BCUT2D eigenvalue weighted by Crippen LogP contribution is 2.41. The largest absolute Gasteiger partial charge is 0.543 e. The Morgan fingerprint density at radius 2 is 1.06 bits per heavy atom. The second-order valence-electron chi connectivity index (χ2n) is 13.5. The highest BCUT2D eigenvalue weighted by atomic mass is 28.4. The molecule has 1 rings (SSSR count). The molecule has 0 atom stereocenters. The normalized spacial score (nSPS) is 13.5. The monoisotopic (exact) mass is 518 g/mol. The van der Waals surface area contributed by atoms with Gasteiger partial charge in [-0.2, -0.15) is 0 Å². The quantitative estimate of drug-likeness (QED) is 0.130. The number of hydrogen-bond acceptors (Lipinski definition) is 2. The van der Waals surface area contributed by atoms with Crippen molar-refractivity contribution >= 4 is 16.6 Å². The first-order chi connectivity index (χ1) is 16.1. The van der Waals surface area contributed by atoms with Crippen LogP contribution in [0.2, 0.25) is 36.3 Å². The van der Waals surface area contributed by atoms with Crippen LogP contribution in [0.15, 0.2) is 30.4 Å². The lowest BCUT2D eigenvalue weighted by atomic mass is 10.0. The highest BCUT2D eigenvalue weighted by molar-refractivity contribution is 6.75. The van der Waals surface area contributed by atoms with Gasteiger partial charge in [0.15, 0.2) is 0 Å². The Morgan fingerprint density at radius 3 is 1.51 bits per heavy atom. The minimum absolute atomic E-state index is 0.175. The summed E-state index contributed by atoms with van der Waals surface area (Å²) in [6, 6.07) is 6.71. The van der Waals surface area contributed by atoms with Crippen molar-refractivity contribution in [1.29, 1.82) is 0 Å². The third-order valence-electron chi connectivity index (χ3n) is 8.03. The molecule has 0 radical (unpaired) electrons. The van der Waals surface area contributed by atoms with Gasteiger partial charge in [-0.1, -0.05) is 92.7 Å². The van der Waals surface area contributed by atoms with E-state index in [-0.39, 0.29) is 10.1 Å². The summed E-state index contributed by atoms with van der Waals surface area (Å²) in [6.07, 6.45) is 17.5. The topological polar surface area (TPSA) is 18.5 Å². The maximum absolute atomic E-state index is 6.72. The van der Waals surface area contributed by atoms with E-state index in [0.717, 1.165) is 17.9 Å². The van der Waals surface area contributed by atoms with Crippen molar-refractivity contribution in [3.63, 3.8) is 0 Å². The summed E-state index contributed by atoms with van der Waals surface area (Å²) in [5.74, 6) is 2.00. The van der Waals surface area contributed by atoms with Crippen LogP contribution in [0.1, 0.15) is 112 Å². The first kappa shape index (κ1) is 32.0. The lowest BCUT2D eigenvalue weighted by Crippen LogP contribution is -2.44. The Balaban J connectivity index is 2.78. The predicted octanol–water partition coefficient (Wildman–Crippen LogP) is 11.1. The van der Waals surface area contributed by atoms with E-state index in [2.05, 4.69) is 105 Å². The third kappa shape index (κ3) is 11.7. The molecule has 35 heavy (non-hydrogen) atoms. The average Bonchev–Trinajstić information content (AvgIpc) is 2.69. The van der Waals surface area contributed by atoms with Crippen molar-refractivity contribution in [3.05, 3.63) is 35.9 Å². The van der Waals surface area contributed by atoms with Crippen LogP contribution in [-0.2, 0) is 6.42 Å². The van der Waals surface area contributed by atoms with Gasteiger partial charge in [-0.3, -0.25) is 0 Å². The lowest BCUT2D eigenvalue weighted by Gasteiger charge is -2.38. The molecule has 0 unspecified atom stereocenters. The maximum Gasteiger partial charge on any atom is 0.250 e. The summed E-state index contributed by atoms with van der Waals surface area (Å²) in [6.45, 7) is 25.4. The molecule has 0 N–H and O–H groups in total. The minimum Gasteiger partial charge on any atom is -0.543 e. The Hall–Kier alpha value is -1.01. The molecule has 0 aromatic heterocycles. The van der Waals surface area contributed by atoms with Gasteiger partial charge in [-0.15, -0.1) is 0 Å². The Labute approximate surface area is 221 Å². The number of allylic oxidation sites excluding steroid dienone is 2. The van der Waals surface area contributed by atoms with Gasteiger partial charge in [0.25, 0.3) is 0 Å². The second kappa shape index (κ2) is 14.1. The molecule has 0 fully saturated rings. The van der Waals surface area contributed by atoms with Gasteiger partial charge in [0, 0.05) is 6.07 Å². The first-order valence-electron chi connectivity index (χ1n) is 14.3. The van der Waals surface area contributed by atoms with Crippen LogP contribution in [0.5, 0.6) is 11.5 Å². The van der Waals surface area contributed by atoms with E-state index in [9.17, 15) is 0 Å². The van der Waals surface area contributed by atoms with Crippen LogP contribution in [0.25, 0.3) is 0 Å². The molecule has 0 heterocycles. The SMILES string of the molecule is CCCC/C=C\CCCCCCCc1cc(O[Si](C)(C)C(C)(C)C)cc(O[Si](C)(C)C(C)(C)C)c1. The molecule has 1 aromatic rings. The summed E-state index contributed by atoms with van der Waals surface area (Å²) in [5.41, 5.74) is 1.36. The number of benzene rings is 1. The fourth-order valence-electron chi connectivity index (χ4n) is 3.47. The Bertz CT molecular complexity index is 721. The molecule has 202 valence electrons. The summed E-state index contributed by atoms with van der Waals surface area (Å²) in [7, 11) is -3.81. The number of hydrogen-bond donors (Lipinski definition) is 0. The van der Waals surface area contributed by atoms with Crippen molar-refractivity contribution < 1.29 is 8.85 Å². The van der Waals surface area contributed by atoms with E-state index >= 15 is 0 Å². The van der Waals surface area contributed by atoms with E-state index in [1.165, 1.54) is 63.4 Å². The van der Waals surface area contributed by atoms with Gasteiger partial charge >= 0.3 is 0 Å². The van der Waals surface area contributed by atoms with E-state index < -0.39 is 16.6 Å². The smallest absolute Gasteiger partial charge is 0.250 e. The van der Waals surface area contributed by atoms with Crippen molar-refractivity contribution in [1.82, 2.24) is 0 Å². The molecule has 0 aliphatic heterocycles. The maximum atomic E-state index is 6.72. The summed E-state index contributed by atoms with van der Waals surface area (Å²) in [5, 5.41) is 0.350. The van der Waals surface area contributed by atoms with Crippen LogP contribution in [0.3, 0.4) is 0 Å². The number of aryl methyl sites for hydroxylation is 1. The Morgan fingerprint density at radius 1 is 0.629 bits per heavy atom. The van der Waals surface area contributed by atoms with Gasteiger partial charge in [-0.05, 0) is 86.1 Å².